The van der Waals surface area contributed by atoms with Crippen LogP contribution in [-0.2, 0) is 22.7 Å². The van der Waals surface area contributed by atoms with E-state index in [2.05, 4.69) is 16.9 Å². The standard InChI is InChI=1S/C28H29N3O4/c1-2-3-13-20-31(25-18-11-6-12-19-25)26(29-27(32)34-21-23-14-7-4-8-15-23)30-28(33)35-22-24-16-9-5-10-17-24/h2,4-12,14-19H,1,3,13,20-22H2,(H,29,30,32,33). The number of para-hydroxylation sites is 1. The van der Waals surface area contributed by atoms with Crippen LogP contribution in [0.4, 0.5) is 15.3 Å². The number of carbonyl (C=O) groups is 2. The minimum atomic E-state index is -0.822. The molecule has 3 rings (SSSR count). The molecule has 0 bridgehead atoms. The third kappa shape index (κ3) is 8.81. The van der Waals surface area contributed by atoms with Crippen molar-refractivity contribution in [2.75, 3.05) is 11.4 Å². The molecule has 1 N–H and O–H groups in total. The van der Waals surface area contributed by atoms with Crippen LogP contribution in [0, 0.1) is 0 Å². The molecule has 3 aromatic carbocycles. The number of amides is 2. The molecule has 0 saturated heterocycles. The zero-order valence-electron chi connectivity index (χ0n) is 19.5. The summed E-state index contributed by atoms with van der Waals surface area (Å²) < 4.78 is 10.7. The third-order valence-corrected chi connectivity index (χ3v) is 4.94. The number of carbonyl (C=O) groups excluding carboxylic acids is 2. The first-order valence-electron chi connectivity index (χ1n) is 11.4. The predicted octanol–water partition coefficient (Wildman–Crippen LogP) is 6.08. The summed E-state index contributed by atoms with van der Waals surface area (Å²) in [6.45, 7) is 4.40. The average Bonchev–Trinajstić information content (AvgIpc) is 2.90. The van der Waals surface area contributed by atoms with Crippen molar-refractivity contribution in [3.63, 3.8) is 0 Å². The fraction of sp³-hybridized carbons (Fsp3) is 0.179. The lowest BCUT2D eigenvalue weighted by molar-refractivity contribution is 0.144. The topological polar surface area (TPSA) is 80.2 Å². The Balaban J connectivity index is 1.78. The summed E-state index contributed by atoms with van der Waals surface area (Å²) in [4.78, 5) is 31.1. The van der Waals surface area contributed by atoms with E-state index in [4.69, 9.17) is 9.47 Å². The summed E-state index contributed by atoms with van der Waals surface area (Å²) in [5.74, 6) is 0.0244. The summed E-state index contributed by atoms with van der Waals surface area (Å²) in [6.07, 6.45) is 1.76. The van der Waals surface area contributed by atoms with E-state index in [-0.39, 0.29) is 19.2 Å². The summed E-state index contributed by atoms with van der Waals surface area (Å²) in [6, 6.07) is 28.0. The first-order valence-corrected chi connectivity index (χ1v) is 11.4. The second-order valence-corrected chi connectivity index (χ2v) is 7.58. The molecule has 0 atom stereocenters. The number of aliphatic imine (C=N–C) groups is 1. The fourth-order valence-electron chi connectivity index (χ4n) is 3.20. The minimum absolute atomic E-state index is 0.0244. The Morgan fingerprint density at radius 2 is 1.37 bits per heavy atom. The minimum Gasteiger partial charge on any atom is -0.444 e. The second kappa shape index (κ2) is 14.0. The van der Waals surface area contributed by atoms with E-state index in [0.29, 0.717) is 6.54 Å². The number of allylic oxidation sites excluding steroid dienone is 1. The summed E-state index contributed by atoms with van der Waals surface area (Å²) in [5.41, 5.74) is 2.43. The van der Waals surface area contributed by atoms with Crippen LogP contribution in [0.5, 0.6) is 0 Å². The van der Waals surface area contributed by atoms with Gasteiger partial charge in [0, 0.05) is 12.2 Å². The monoisotopic (exact) mass is 471 g/mol. The van der Waals surface area contributed by atoms with Gasteiger partial charge >= 0.3 is 12.2 Å². The Bertz CT molecular complexity index is 1100. The Kier molecular flexibility index (Phi) is 10.1. The van der Waals surface area contributed by atoms with E-state index >= 15 is 0 Å². The number of alkyl carbamates (subject to hydrolysis) is 1. The SMILES string of the molecule is C=CCCCN(/C(=N\C(=O)OCc1ccccc1)NC(=O)OCc1ccccc1)c1ccccc1. The molecule has 2 amide bonds. The molecule has 0 aliphatic rings. The van der Waals surface area contributed by atoms with E-state index in [1.54, 1.807) is 4.90 Å². The molecule has 0 saturated carbocycles. The molecule has 0 heterocycles. The molecular weight excluding hydrogens is 442 g/mol. The van der Waals surface area contributed by atoms with Crippen LogP contribution in [0.1, 0.15) is 24.0 Å². The van der Waals surface area contributed by atoms with Crippen molar-refractivity contribution in [2.24, 2.45) is 4.99 Å². The van der Waals surface area contributed by atoms with Crippen molar-refractivity contribution in [1.29, 1.82) is 0 Å². The molecule has 0 unspecified atom stereocenters. The Hall–Kier alpha value is -4.39. The molecule has 0 spiro atoms. The number of nitrogens with zero attached hydrogens (tertiary/aromatic N) is 2. The van der Waals surface area contributed by atoms with Gasteiger partial charge in [0.1, 0.15) is 13.2 Å². The molecule has 180 valence electrons. The lowest BCUT2D eigenvalue weighted by atomic mass is 10.2. The Morgan fingerprint density at radius 3 is 1.94 bits per heavy atom. The third-order valence-electron chi connectivity index (χ3n) is 4.94. The molecule has 0 fully saturated rings. The number of guanidine groups is 1. The Labute approximate surface area is 205 Å². The van der Waals surface area contributed by atoms with Crippen LogP contribution in [0.15, 0.2) is 109 Å². The molecule has 0 radical (unpaired) electrons. The zero-order valence-corrected chi connectivity index (χ0v) is 19.5. The highest BCUT2D eigenvalue weighted by molar-refractivity contribution is 6.07. The van der Waals surface area contributed by atoms with Gasteiger partial charge in [0.25, 0.3) is 0 Å². The molecule has 0 aliphatic carbocycles. The van der Waals surface area contributed by atoms with Gasteiger partial charge in [-0.15, -0.1) is 11.6 Å². The molecule has 3 aromatic rings. The maximum absolute atomic E-state index is 12.6. The number of ether oxygens (including phenoxy) is 2. The van der Waals surface area contributed by atoms with Crippen molar-refractivity contribution in [3.05, 3.63) is 115 Å². The van der Waals surface area contributed by atoms with E-state index in [1.807, 2.05) is 97.1 Å². The number of benzene rings is 3. The van der Waals surface area contributed by atoms with E-state index in [1.165, 1.54) is 0 Å². The molecule has 0 aliphatic heterocycles. The van der Waals surface area contributed by atoms with Gasteiger partial charge in [-0.1, -0.05) is 84.9 Å². The predicted molar refractivity (Wildman–Crippen MR) is 137 cm³/mol. The number of anilines is 1. The molecular formula is C28H29N3O4. The normalized spacial score (nSPS) is 10.8. The van der Waals surface area contributed by atoms with Crippen molar-refractivity contribution < 1.29 is 19.1 Å². The molecule has 7 nitrogen and oxygen atoms in total. The smallest absolute Gasteiger partial charge is 0.437 e. The molecule has 7 heteroatoms. The van der Waals surface area contributed by atoms with E-state index in [9.17, 15) is 9.59 Å². The number of unbranched alkanes of at least 4 members (excludes halogenated alkanes) is 1. The van der Waals surface area contributed by atoms with Crippen LogP contribution < -0.4 is 10.2 Å². The lowest BCUT2D eigenvalue weighted by Gasteiger charge is -2.26. The van der Waals surface area contributed by atoms with Crippen LogP contribution in [-0.4, -0.2) is 24.7 Å². The summed E-state index contributed by atoms with van der Waals surface area (Å²) >= 11 is 0. The zero-order chi connectivity index (χ0) is 24.7. The average molecular weight is 472 g/mol. The maximum atomic E-state index is 12.6. The first kappa shape index (κ1) is 25.2. The van der Waals surface area contributed by atoms with Gasteiger partial charge < -0.3 is 14.4 Å². The first-order chi connectivity index (χ1) is 17.2. The molecule has 35 heavy (non-hydrogen) atoms. The fourth-order valence-corrected chi connectivity index (χ4v) is 3.20. The Morgan fingerprint density at radius 1 is 0.829 bits per heavy atom. The van der Waals surface area contributed by atoms with Gasteiger partial charge in [0.2, 0.25) is 5.96 Å². The van der Waals surface area contributed by atoms with Crippen LogP contribution >= 0.6 is 0 Å². The van der Waals surface area contributed by atoms with Crippen LogP contribution in [0.2, 0.25) is 0 Å². The van der Waals surface area contributed by atoms with Gasteiger partial charge in [0.05, 0.1) is 0 Å². The van der Waals surface area contributed by atoms with Gasteiger partial charge in [-0.25, -0.2) is 9.59 Å². The highest BCUT2D eigenvalue weighted by Crippen LogP contribution is 2.15. The van der Waals surface area contributed by atoms with Crippen molar-refractivity contribution in [2.45, 2.75) is 26.1 Å². The summed E-state index contributed by atoms with van der Waals surface area (Å²) in [7, 11) is 0. The van der Waals surface area contributed by atoms with Crippen molar-refractivity contribution in [3.8, 4) is 0 Å². The van der Waals surface area contributed by atoms with Gasteiger partial charge in [0.15, 0.2) is 0 Å². The van der Waals surface area contributed by atoms with Gasteiger partial charge in [-0.3, -0.25) is 5.32 Å². The van der Waals surface area contributed by atoms with Crippen molar-refractivity contribution >= 4 is 23.8 Å². The second-order valence-electron chi connectivity index (χ2n) is 7.58. The highest BCUT2D eigenvalue weighted by atomic mass is 16.6. The quantitative estimate of drug-likeness (QED) is 0.177. The van der Waals surface area contributed by atoms with Crippen molar-refractivity contribution in [1.82, 2.24) is 5.32 Å². The summed E-state index contributed by atoms with van der Waals surface area (Å²) in [5, 5.41) is 2.63. The van der Waals surface area contributed by atoms with Gasteiger partial charge in [-0.05, 0) is 36.1 Å². The maximum Gasteiger partial charge on any atom is 0.437 e. The number of hydrogen-bond donors (Lipinski definition) is 1. The number of hydrogen-bond acceptors (Lipinski definition) is 4. The van der Waals surface area contributed by atoms with E-state index < -0.39 is 12.2 Å². The lowest BCUT2D eigenvalue weighted by Crippen LogP contribution is -2.45. The number of nitrogens with one attached hydrogen (secondary N) is 1. The van der Waals surface area contributed by atoms with E-state index in [0.717, 1.165) is 29.7 Å². The molecule has 0 aromatic heterocycles. The van der Waals surface area contributed by atoms with Gasteiger partial charge in [-0.2, -0.15) is 0 Å². The number of rotatable bonds is 9. The largest absolute Gasteiger partial charge is 0.444 e. The van der Waals surface area contributed by atoms with Crippen LogP contribution in [0.3, 0.4) is 0 Å². The highest BCUT2D eigenvalue weighted by Gasteiger charge is 2.19. The van der Waals surface area contributed by atoms with Crippen LogP contribution in [0.25, 0.3) is 0 Å².